The highest BCUT2D eigenvalue weighted by molar-refractivity contribution is 6.30. The van der Waals surface area contributed by atoms with Crippen LogP contribution in [0.1, 0.15) is 17.5 Å². The molecule has 1 aromatic heterocycles. The van der Waals surface area contributed by atoms with Crippen molar-refractivity contribution >= 4 is 34.1 Å². The molecule has 0 aliphatic carbocycles. The van der Waals surface area contributed by atoms with Crippen LogP contribution in [0.4, 0.5) is 0 Å². The third-order valence-electron chi connectivity index (χ3n) is 2.65. The molecule has 0 saturated heterocycles. The Labute approximate surface area is 105 Å². The number of hydrogen-bond acceptors (Lipinski definition) is 1. The normalized spacial score (nSPS) is 10.9. The zero-order valence-corrected chi connectivity index (χ0v) is 10.6. The molecule has 0 unspecified atom stereocenters. The van der Waals surface area contributed by atoms with E-state index in [1.54, 1.807) is 0 Å². The van der Waals surface area contributed by atoms with Crippen LogP contribution in [-0.2, 0) is 6.42 Å². The molecule has 0 spiro atoms. The number of aromatic nitrogens is 1. The van der Waals surface area contributed by atoms with E-state index in [1.165, 1.54) is 0 Å². The van der Waals surface area contributed by atoms with E-state index in [1.807, 2.05) is 19.1 Å². The molecule has 3 heteroatoms. The van der Waals surface area contributed by atoms with Gasteiger partial charge in [-0.25, -0.2) is 4.98 Å². The average molecular weight is 254 g/mol. The van der Waals surface area contributed by atoms with Crippen molar-refractivity contribution < 1.29 is 0 Å². The quantitative estimate of drug-likeness (QED) is 0.585. The summed E-state index contributed by atoms with van der Waals surface area (Å²) in [5, 5.41) is 1.75. The van der Waals surface area contributed by atoms with E-state index in [2.05, 4.69) is 17.1 Å². The fraction of sp³-hybridized carbons (Fsp3) is 0.308. The molecular formula is C13H13Cl2N. The Morgan fingerprint density at radius 1 is 1.31 bits per heavy atom. The Morgan fingerprint density at radius 2 is 2.12 bits per heavy atom. The topological polar surface area (TPSA) is 12.9 Å². The molecule has 0 aliphatic heterocycles. The van der Waals surface area contributed by atoms with Gasteiger partial charge in [-0.05, 0) is 37.0 Å². The van der Waals surface area contributed by atoms with E-state index in [9.17, 15) is 0 Å². The predicted octanol–water partition coefficient (Wildman–Crippen LogP) is 4.37. The maximum Gasteiger partial charge on any atom is 0.132 e. The molecule has 0 atom stereocenters. The van der Waals surface area contributed by atoms with Gasteiger partial charge in [0, 0.05) is 11.3 Å². The molecule has 2 rings (SSSR count). The van der Waals surface area contributed by atoms with Crippen LogP contribution >= 0.6 is 23.2 Å². The van der Waals surface area contributed by atoms with Crippen molar-refractivity contribution in [2.75, 3.05) is 5.88 Å². The van der Waals surface area contributed by atoms with Crippen LogP contribution in [0.2, 0.25) is 5.15 Å². The lowest BCUT2D eigenvalue weighted by Gasteiger charge is -2.06. The van der Waals surface area contributed by atoms with Gasteiger partial charge in [0.2, 0.25) is 0 Å². The molecule has 0 radical (unpaired) electrons. The molecule has 1 heterocycles. The van der Waals surface area contributed by atoms with Crippen molar-refractivity contribution in [1.82, 2.24) is 4.98 Å². The van der Waals surface area contributed by atoms with Gasteiger partial charge in [0.15, 0.2) is 0 Å². The molecule has 84 valence electrons. The first-order valence-corrected chi connectivity index (χ1v) is 6.24. The first-order chi connectivity index (χ1) is 7.72. The number of nitrogens with zero attached hydrogens (tertiary/aromatic N) is 1. The second kappa shape index (κ2) is 5.03. The van der Waals surface area contributed by atoms with Crippen LogP contribution in [0, 0.1) is 6.92 Å². The first-order valence-electron chi connectivity index (χ1n) is 5.33. The molecule has 0 aliphatic rings. The highest BCUT2D eigenvalue weighted by atomic mass is 35.5. The Balaban J connectivity index is 2.50. The molecular weight excluding hydrogens is 241 g/mol. The minimum absolute atomic E-state index is 0.604. The number of pyridine rings is 1. The van der Waals surface area contributed by atoms with E-state index in [4.69, 9.17) is 23.2 Å². The van der Waals surface area contributed by atoms with Crippen molar-refractivity contribution in [2.45, 2.75) is 19.8 Å². The Morgan fingerprint density at radius 3 is 2.88 bits per heavy atom. The van der Waals surface area contributed by atoms with Crippen molar-refractivity contribution in [3.05, 3.63) is 40.5 Å². The lowest BCUT2D eigenvalue weighted by atomic mass is 10.1. The van der Waals surface area contributed by atoms with Crippen LogP contribution in [-0.4, -0.2) is 10.9 Å². The molecule has 0 amide bonds. The summed E-state index contributed by atoms with van der Waals surface area (Å²) in [4.78, 5) is 4.45. The number of fused-ring (bicyclic) bond motifs is 1. The largest absolute Gasteiger partial charge is 0.236 e. The number of aryl methyl sites for hydroxylation is 2. The highest BCUT2D eigenvalue weighted by Gasteiger charge is 2.05. The average Bonchev–Trinajstić information content (AvgIpc) is 2.28. The van der Waals surface area contributed by atoms with Gasteiger partial charge >= 0.3 is 0 Å². The number of para-hydroxylation sites is 1. The number of hydrogen-bond donors (Lipinski definition) is 0. The first kappa shape index (κ1) is 11.7. The fourth-order valence-electron chi connectivity index (χ4n) is 1.80. The third kappa shape index (κ3) is 2.31. The maximum atomic E-state index is 6.16. The number of benzene rings is 1. The lowest BCUT2D eigenvalue weighted by Crippen LogP contribution is -1.93. The zero-order valence-electron chi connectivity index (χ0n) is 9.13. The molecule has 0 saturated carbocycles. The molecule has 0 fully saturated rings. The van der Waals surface area contributed by atoms with Crippen LogP contribution in [0.25, 0.3) is 10.9 Å². The van der Waals surface area contributed by atoms with E-state index in [0.29, 0.717) is 11.0 Å². The molecule has 1 nitrogen and oxygen atoms in total. The summed E-state index contributed by atoms with van der Waals surface area (Å²) >= 11 is 11.8. The van der Waals surface area contributed by atoms with E-state index in [-0.39, 0.29) is 0 Å². The maximum absolute atomic E-state index is 6.16. The van der Waals surface area contributed by atoms with Crippen LogP contribution in [0.5, 0.6) is 0 Å². The Bertz CT molecular complexity index is 509. The van der Waals surface area contributed by atoms with Gasteiger partial charge in [0.1, 0.15) is 5.15 Å². The molecule has 2 aromatic rings. The summed E-state index contributed by atoms with van der Waals surface area (Å²) < 4.78 is 0. The van der Waals surface area contributed by atoms with Gasteiger partial charge in [-0.15, -0.1) is 11.6 Å². The lowest BCUT2D eigenvalue weighted by molar-refractivity contribution is 0.924. The van der Waals surface area contributed by atoms with Crippen molar-refractivity contribution in [3.8, 4) is 0 Å². The van der Waals surface area contributed by atoms with Crippen LogP contribution in [0.3, 0.4) is 0 Å². The summed E-state index contributed by atoms with van der Waals surface area (Å²) in [6.07, 6.45) is 1.82. The molecule has 1 aromatic carbocycles. The van der Waals surface area contributed by atoms with Gasteiger partial charge in [0.05, 0.1) is 5.52 Å². The summed E-state index contributed by atoms with van der Waals surface area (Å²) in [7, 11) is 0. The zero-order chi connectivity index (χ0) is 11.5. The summed E-state index contributed by atoms with van der Waals surface area (Å²) in [6.45, 7) is 2.05. The van der Waals surface area contributed by atoms with Gasteiger partial charge in [0.25, 0.3) is 0 Å². The number of halogens is 2. The second-order valence-corrected chi connectivity index (χ2v) is 4.61. The standard InChI is InChI=1S/C13H13Cl2N/c1-9-4-2-5-10-8-11(6-3-7-14)13(15)16-12(9)10/h2,4-5,8H,3,6-7H2,1H3. The molecule has 0 bridgehead atoms. The second-order valence-electron chi connectivity index (χ2n) is 3.88. The summed E-state index contributed by atoms with van der Waals surface area (Å²) in [5.41, 5.74) is 3.23. The van der Waals surface area contributed by atoms with Crippen LogP contribution in [0.15, 0.2) is 24.3 Å². The monoisotopic (exact) mass is 253 g/mol. The van der Waals surface area contributed by atoms with Crippen molar-refractivity contribution in [1.29, 1.82) is 0 Å². The number of rotatable bonds is 3. The summed E-state index contributed by atoms with van der Waals surface area (Å²) in [5.74, 6) is 0.655. The van der Waals surface area contributed by atoms with Crippen molar-refractivity contribution in [3.63, 3.8) is 0 Å². The Kier molecular flexibility index (Phi) is 3.67. The minimum Gasteiger partial charge on any atom is -0.236 e. The van der Waals surface area contributed by atoms with E-state index >= 15 is 0 Å². The highest BCUT2D eigenvalue weighted by Crippen LogP contribution is 2.23. The predicted molar refractivity (Wildman–Crippen MR) is 70.5 cm³/mol. The van der Waals surface area contributed by atoms with Crippen LogP contribution < -0.4 is 0 Å². The smallest absolute Gasteiger partial charge is 0.132 e. The molecule has 16 heavy (non-hydrogen) atoms. The van der Waals surface area contributed by atoms with E-state index in [0.717, 1.165) is 34.9 Å². The van der Waals surface area contributed by atoms with Gasteiger partial charge < -0.3 is 0 Å². The van der Waals surface area contributed by atoms with Crippen molar-refractivity contribution in [2.24, 2.45) is 0 Å². The minimum atomic E-state index is 0.604. The summed E-state index contributed by atoms with van der Waals surface area (Å²) in [6, 6.07) is 8.27. The van der Waals surface area contributed by atoms with E-state index < -0.39 is 0 Å². The SMILES string of the molecule is Cc1cccc2cc(CCCCl)c(Cl)nc12. The fourth-order valence-corrected chi connectivity index (χ4v) is 2.17. The Hall–Kier alpha value is -0.790. The van der Waals surface area contributed by atoms with Gasteiger partial charge in [-0.2, -0.15) is 0 Å². The third-order valence-corrected chi connectivity index (χ3v) is 3.25. The van der Waals surface area contributed by atoms with Gasteiger partial charge in [-0.1, -0.05) is 29.8 Å². The number of alkyl halides is 1. The van der Waals surface area contributed by atoms with Gasteiger partial charge in [-0.3, -0.25) is 0 Å². The molecule has 0 N–H and O–H groups in total.